The van der Waals surface area contributed by atoms with Crippen LogP contribution in [0.5, 0.6) is 0 Å². The minimum Gasteiger partial charge on any atom is -0.462 e. The first-order valence-corrected chi connectivity index (χ1v) is 11.2. The summed E-state index contributed by atoms with van der Waals surface area (Å²) in [6.45, 7) is 7.94. The smallest absolute Gasteiger partial charge is 0.312 e. The van der Waals surface area contributed by atoms with E-state index in [0.29, 0.717) is 0 Å². The molecule has 4 fully saturated rings. The minimum absolute atomic E-state index is 0.110. The molecular formula is C23H33N3O2. The summed E-state index contributed by atoms with van der Waals surface area (Å²) in [6.07, 6.45) is 11.8. The van der Waals surface area contributed by atoms with Crippen LogP contribution in [-0.4, -0.2) is 54.7 Å². The third-order valence-electron chi connectivity index (χ3n) is 7.80. The molecule has 3 aliphatic heterocycles. The molecule has 1 spiro atoms. The molecule has 0 N–H and O–H groups in total. The van der Waals surface area contributed by atoms with Crippen LogP contribution in [0.2, 0.25) is 0 Å². The summed E-state index contributed by atoms with van der Waals surface area (Å²) in [5.41, 5.74) is 2.51. The van der Waals surface area contributed by atoms with Gasteiger partial charge in [0.05, 0.1) is 5.41 Å². The van der Waals surface area contributed by atoms with E-state index in [1.807, 2.05) is 12.4 Å². The topological polar surface area (TPSA) is 45.7 Å². The molecule has 2 unspecified atom stereocenters. The van der Waals surface area contributed by atoms with Crippen LogP contribution in [0, 0.1) is 24.2 Å². The van der Waals surface area contributed by atoms with Gasteiger partial charge in [0.1, 0.15) is 6.10 Å². The molecule has 3 saturated heterocycles. The van der Waals surface area contributed by atoms with Crippen molar-refractivity contribution in [3.63, 3.8) is 0 Å². The third-order valence-corrected chi connectivity index (χ3v) is 7.80. The van der Waals surface area contributed by atoms with E-state index in [2.05, 4.69) is 27.8 Å². The molecule has 0 amide bonds. The van der Waals surface area contributed by atoms with E-state index in [-0.39, 0.29) is 17.5 Å². The van der Waals surface area contributed by atoms with Crippen molar-refractivity contribution in [2.24, 2.45) is 17.3 Å². The van der Waals surface area contributed by atoms with E-state index in [9.17, 15) is 4.79 Å². The van der Waals surface area contributed by atoms with Gasteiger partial charge >= 0.3 is 5.97 Å². The van der Waals surface area contributed by atoms with E-state index in [4.69, 9.17) is 4.74 Å². The molecule has 1 saturated carbocycles. The lowest BCUT2D eigenvalue weighted by Crippen LogP contribution is -2.31. The Labute approximate surface area is 168 Å². The molecule has 4 aliphatic rings. The average molecular weight is 384 g/mol. The summed E-state index contributed by atoms with van der Waals surface area (Å²) in [4.78, 5) is 21.9. The molecule has 0 radical (unpaired) electrons. The van der Waals surface area contributed by atoms with E-state index in [1.54, 1.807) is 0 Å². The highest BCUT2D eigenvalue weighted by atomic mass is 16.6. The Morgan fingerprint density at radius 2 is 1.89 bits per heavy atom. The van der Waals surface area contributed by atoms with Crippen LogP contribution in [-0.2, 0) is 9.53 Å². The second-order valence-electron chi connectivity index (χ2n) is 9.71. The summed E-state index contributed by atoms with van der Waals surface area (Å²) in [6, 6.07) is 2.16. The molecule has 5 heteroatoms. The molecule has 5 rings (SSSR count). The summed E-state index contributed by atoms with van der Waals surface area (Å²) >= 11 is 0. The predicted octanol–water partition coefficient (Wildman–Crippen LogP) is 3.41. The highest BCUT2D eigenvalue weighted by Crippen LogP contribution is 2.46. The van der Waals surface area contributed by atoms with E-state index < -0.39 is 0 Å². The van der Waals surface area contributed by atoms with Gasteiger partial charge < -0.3 is 14.5 Å². The van der Waals surface area contributed by atoms with E-state index in [0.717, 1.165) is 57.2 Å². The van der Waals surface area contributed by atoms with Gasteiger partial charge in [-0.25, -0.2) is 0 Å². The largest absolute Gasteiger partial charge is 0.462 e. The molecule has 1 aliphatic carbocycles. The number of aryl methyl sites for hydroxylation is 1. The number of carbonyl (C=O) groups is 1. The Hall–Kier alpha value is -1.62. The van der Waals surface area contributed by atoms with Crippen LogP contribution in [0.4, 0.5) is 5.69 Å². The number of likely N-dealkylation sites (tertiary alicyclic amines) is 1. The standard InChI is InChI=1S/C23H33N3O2/c1-17-12-24-9-5-21(17)26-15-18-13-25(14-19(18)16-26)10-6-20-11-23(22(27)28-20)7-3-2-4-8-23/h5,9,12,18-20H,2-4,6-8,10-11,13-16H2,1H3/t18?,19?,20-/m0/s1. The number of fused-ring (bicyclic) bond motifs is 1. The molecule has 1 aromatic heterocycles. The van der Waals surface area contributed by atoms with Gasteiger partial charge in [-0.2, -0.15) is 0 Å². The van der Waals surface area contributed by atoms with Gasteiger partial charge in [0.2, 0.25) is 0 Å². The van der Waals surface area contributed by atoms with Crippen molar-refractivity contribution in [3.8, 4) is 0 Å². The summed E-state index contributed by atoms with van der Waals surface area (Å²) in [5.74, 6) is 1.64. The van der Waals surface area contributed by atoms with Gasteiger partial charge in [-0.15, -0.1) is 0 Å². The first-order chi connectivity index (χ1) is 13.6. The number of hydrogen-bond acceptors (Lipinski definition) is 5. The third kappa shape index (κ3) is 3.32. The molecule has 3 atom stereocenters. The number of cyclic esters (lactones) is 1. The fraction of sp³-hybridized carbons (Fsp3) is 0.739. The Morgan fingerprint density at radius 1 is 1.14 bits per heavy atom. The van der Waals surface area contributed by atoms with Crippen molar-refractivity contribution < 1.29 is 9.53 Å². The fourth-order valence-electron chi connectivity index (χ4n) is 6.25. The zero-order chi connectivity index (χ0) is 19.1. The van der Waals surface area contributed by atoms with Crippen molar-refractivity contribution in [2.75, 3.05) is 37.6 Å². The van der Waals surface area contributed by atoms with Gasteiger partial charge in [0.15, 0.2) is 0 Å². The van der Waals surface area contributed by atoms with Crippen LogP contribution >= 0.6 is 0 Å². The minimum atomic E-state index is -0.118. The second-order valence-corrected chi connectivity index (χ2v) is 9.71. The zero-order valence-electron chi connectivity index (χ0n) is 17.1. The van der Waals surface area contributed by atoms with E-state index >= 15 is 0 Å². The Kier molecular flexibility index (Phi) is 4.82. The lowest BCUT2D eigenvalue weighted by molar-refractivity contribution is -0.150. The normalized spacial score (nSPS) is 32.1. The quantitative estimate of drug-likeness (QED) is 0.746. The monoisotopic (exact) mass is 383 g/mol. The average Bonchev–Trinajstić information content (AvgIpc) is 3.33. The number of rotatable bonds is 4. The number of ether oxygens (including phenoxy) is 1. The SMILES string of the molecule is Cc1cnccc1N1CC2CN(CC[C@H]3CC4(CCCCC4)C(=O)O3)CC2C1. The van der Waals surface area contributed by atoms with Crippen molar-refractivity contribution in [1.82, 2.24) is 9.88 Å². The van der Waals surface area contributed by atoms with Gasteiger partial charge in [0.25, 0.3) is 0 Å². The number of hydrogen-bond donors (Lipinski definition) is 0. The van der Waals surface area contributed by atoms with Crippen molar-refractivity contribution in [2.45, 2.75) is 58.0 Å². The van der Waals surface area contributed by atoms with Crippen LogP contribution in [0.15, 0.2) is 18.5 Å². The molecule has 28 heavy (non-hydrogen) atoms. The van der Waals surface area contributed by atoms with Crippen molar-refractivity contribution in [1.29, 1.82) is 0 Å². The molecule has 152 valence electrons. The highest BCUT2D eigenvalue weighted by molar-refractivity contribution is 5.79. The van der Waals surface area contributed by atoms with Gasteiger partial charge in [-0.05, 0) is 49.7 Å². The van der Waals surface area contributed by atoms with Crippen LogP contribution in [0.25, 0.3) is 0 Å². The molecule has 1 aromatic rings. The number of esters is 1. The number of carbonyl (C=O) groups excluding carboxylic acids is 1. The number of aromatic nitrogens is 1. The second kappa shape index (κ2) is 7.33. The molecule has 0 aromatic carbocycles. The number of pyridine rings is 1. The maximum absolute atomic E-state index is 12.5. The highest BCUT2D eigenvalue weighted by Gasteiger charge is 2.49. The molecule has 4 heterocycles. The molecular weight excluding hydrogens is 350 g/mol. The lowest BCUT2D eigenvalue weighted by Gasteiger charge is -2.28. The van der Waals surface area contributed by atoms with Crippen molar-refractivity contribution in [3.05, 3.63) is 24.0 Å². The van der Waals surface area contributed by atoms with Crippen LogP contribution in [0.1, 0.15) is 50.5 Å². The predicted molar refractivity (Wildman–Crippen MR) is 109 cm³/mol. The maximum atomic E-state index is 12.5. The maximum Gasteiger partial charge on any atom is 0.312 e. The van der Waals surface area contributed by atoms with Gasteiger partial charge in [-0.3, -0.25) is 9.78 Å². The van der Waals surface area contributed by atoms with Crippen LogP contribution < -0.4 is 4.90 Å². The number of nitrogens with zero attached hydrogens (tertiary/aromatic N) is 3. The molecule has 5 nitrogen and oxygen atoms in total. The summed E-state index contributed by atoms with van der Waals surface area (Å²) in [5, 5.41) is 0. The first-order valence-electron chi connectivity index (χ1n) is 11.2. The fourth-order valence-corrected chi connectivity index (χ4v) is 6.25. The lowest BCUT2D eigenvalue weighted by atomic mass is 9.72. The van der Waals surface area contributed by atoms with Gasteiger partial charge in [-0.1, -0.05) is 19.3 Å². The Bertz CT molecular complexity index is 716. The summed E-state index contributed by atoms with van der Waals surface area (Å²) < 4.78 is 5.82. The van der Waals surface area contributed by atoms with Crippen molar-refractivity contribution >= 4 is 11.7 Å². The first kappa shape index (κ1) is 18.4. The van der Waals surface area contributed by atoms with Gasteiger partial charge in [0, 0.05) is 57.2 Å². The summed E-state index contributed by atoms with van der Waals surface area (Å²) in [7, 11) is 0. The van der Waals surface area contributed by atoms with Crippen LogP contribution in [0.3, 0.4) is 0 Å². The Morgan fingerprint density at radius 3 is 2.61 bits per heavy atom. The molecule has 0 bridgehead atoms. The Balaban J connectivity index is 1.11. The zero-order valence-corrected chi connectivity index (χ0v) is 17.1. The van der Waals surface area contributed by atoms with E-state index in [1.165, 1.54) is 43.6 Å². The number of anilines is 1.